The molecule has 0 fully saturated rings. The number of thiazole rings is 1. The maximum atomic E-state index is 12.1. The number of carboxylic acid groups (broad SMARTS) is 1. The molecule has 2 aromatic heterocycles. The third-order valence-corrected chi connectivity index (χ3v) is 6.70. The second-order valence-corrected chi connectivity index (χ2v) is 9.69. The Bertz CT molecular complexity index is 1290. The summed E-state index contributed by atoms with van der Waals surface area (Å²) in [7, 11) is 0. The minimum Gasteiger partial charge on any atom is -0.481 e. The molecule has 1 atom stereocenters. The lowest BCUT2D eigenvalue weighted by Crippen LogP contribution is -2.32. The molecule has 2 heterocycles. The van der Waals surface area contributed by atoms with Gasteiger partial charge in [-0.25, -0.2) is 9.97 Å². The first kappa shape index (κ1) is 25.1. The predicted octanol–water partition coefficient (Wildman–Crippen LogP) is 5.08. The number of nitrogens with one attached hydrogen (secondary N) is 2. The number of fused-ring (bicyclic) bond motifs is 1. The Morgan fingerprint density at radius 3 is 2.50 bits per heavy atom. The first-order valence-electron chi connectivity index (χ1n) is 11.7. The molecule has 9 heteroatoms. The molecule has 0 saturated heterocycles. The standard InChI is InChI=1S/C27H28N4O4S/c1-17(2)22(30-20-10-7-18(8-11-20)26(34)28-14-13-25(32)33)16-35-24-12-9-19(15-29-24)27-31-21-5-3-4-6-23(21)36-27/h3-12,15,17,22,30H,13-14,16H2,1-2H3,(H,28,34)(H,32,33)/t22-/m1/s1. The number of aliphatic carboxylic acids is 1. The first-order valence-corrected chi connectivity index (χ1v) is 12.5. The number of rotatable bonds is 11. The number of anilines is 1. The van der Waals surface area contributed by atoms with Crippen molar-refractivity contribution in [3.8, 4) is 16.5 Å². The van der Waals surface area contributed by atoms with Crippen LogP contribution in [0.3, 0.4) is 0 Å². The molecule has 3 N–H and O–H groups in total. The molecule has 8 nitrogen and oxygen atoms in total. The Hall–Kier alpha value is -3.98. The van der Waals surface area contributed by atoms with E-state index in [2.05, 4.69) is 40.5 Å². The highest BCUT2D eigenvalue weighted by atomic mass is 32.1. The van der Waals surface area contributed by atoms with E-state index >= 15 is 0 Å². The number of pyridine rings is 1. The van der Waals surface area contributed by atoms with Crippen molar-refractivity contribution < 1.29 is 19.4 Å². The number of carboxylic acids is 1. The molecular formula is C27H28N4O4S. The van der Waals surface area contributed by atoms with Crippen LogP contribution in [0.5, 0.6) is 5.88 Å². The number of para-hydroxylation sites is 1. The van der Waals surface area contributed by atoms with Gasteiger partial charge in [0.2, 0.25) is 5.88 Å². The molecule has 4 aromatic rings. The molecule has 2 aromatic carbocycles. The number of hydrogen-bond donors (Lipinski definition) is 3. The van der Waals surface area contributed by atoms with Crippen LogP contribution >= 0.6 is 11.3 Å². The summed E-state index contributed by atoms with van der Waals surface area (Å²) < 4.78 is 7.12. The molecule has 0 unspecified atom stereocenters. The van der Waals surface area contributed by atoms with E-state index in [-0.39, 0.29) is 30.8 Å². The fraction of sp³-hybridized carbons (Fsp3) is 0.259. The average molecular weight is 505 g/mol. The van der Waals surface area contributed by atoms with E-state index in [0.717, 1.165) is 26.5 Å². The van der Waals surface area contributed by atoms with Crippen LogP contribution in [0.15, 0.2) is 66.9 Å². The van der Waals surface area contributed by atoms with Crippen LogP contribution in [0.25, 0.3) is 20.8 Å². The van der Waals surface area contributed by atoms with E-state index in [1.807, 2.05) is 42.5 Å². The summed E-state index contributed by atoms with van der Waals surface area (Å²) in [6.45, 7) is 4.73. The smallest absolute Gasteiger partial charge is 0.305 e. The van der Waals surface area contributed by atoms with Crippen molar-refractivity contribution in [2.75, 3.05) is 18.5 Å². The van der Waals surface area contributed by atoms with Crippen molar-refractivity contribution in [3.63, 3.8) is 0 Å². The molecule has 0 spiro atoms. The number of ether oxygens (including phenoxy) is 1. The van der Waals surface area contributed by atoms with Gasteiger partial charge in [-0.05, 0) is 48.4 Å². The second kappa shape index (κ2) is 11.6. The number of carbonyl (C=O) groups is 2. The van der Waals surface area contributed by atoms with Crippen LogP contribution < -0.4 is 15.4 Å². The zero-order valence-corrected chi connectivity index (χ0v) is 20.9. The topological polar surface area (TPSA) is 113 Å². The van der Waals surface area contributed by atoms with Crippen molar-refractivity contribution in [2.24, 2.45) is 5.92 Å². The predicted molar refractivity (Wildman–Crippen MR) is 142 cm³/mol. The van der Waals surface area contributed by atoms with Crippen molar-refractivity contribution in [1.82, 2.24) is 15.3 Å². The van der Waals surface area contributed by atoms with Gasteiger partial charge in [0.1, 0.15) is 11.6 Å². The number of amides is 1. The molecule has 0 aliphatic heterocycles. The molecular weight excluding hydrogens is 476 g/mol. The Labute approximate surface area is 213 Å². The van der Waals surface area contributed by atoms with Crippen LogP contribution in [0.1, 0.15) is 30.6 Å². The van der Waals surface area contributed by atoms with Crippen molar-refractivity contribution in [3.05, 3.63) is 72.4 Å². The summed E-state index contributed by atoms with van der Waals surface area (Å²) in [5.41, 5.74) is 3.27. The Morgan fingerprint density at radius 1 is 1.06 bits per heavy atom. The Kier molecular flexibility index (Phi) is 8.12. The zero-order chi connectivity index (χ0) is 25.5. The van der Waals surface area contributed by atoms with Crippen LogP contribution in [0.4, 0.5) is 5.69 Å². The van der Waals surface area contributed by atoms with Crippen molar-refractivity contribution in [1.29, 1.82) is 0 Å². The molecule has 186 valence electrons. The van der Waals surface area contributed by atoms with Gasteiger partial charge in [0.15, 0.2) is 0 Å². The van der Waals surface area contributed by atoms with Gasteiger partial charge in [-0.3, -0.25) is 9.59 Å². The minimum absolute atomic E-state index is 0.0194. The number of nitrogens with zero attached hydrogens (tertiary/aromatic N) is 2. The number of aromatic nitrogens is 2. The van der Waals surface area contributed by atoms with Gasteiger partial charge < -0.3 is 20.5 Å². The molecule has 1 amide bonds. The zero-order valence-electron chi connectivity index (χ0n) is 20.1. The lowest BCUT2D eigenvalue weighted by atomic mass is 10.0. The van der Waals surface area contributed by atoms with Gasteiger partial charge in [-0.2, -0.15) is 0 Å². The second-order valence-electron chi connectivity index (χ2n) is 8.65. The lowest BCUT2D eigenvalue weighted by Gasteiger charge is -2.23. The summed E-state index contributed by atoms with van der Waals surface area (Å²) in [4.78, 5) is 31.9. The fourth-order valence-electron chi connectivity index (χ4n) is 3.48. The van der Waals surface area contributed by atoms with Crippen molar-refractivity contribution >= 4 is 39.1 Å². The molecule has 36 heavy (non-hydrogen) atoms. The summed E-state index contributed by atoms with van der Waals surface area (Å²) >= 11 is 1.64. The SMILES string of the molecule is CC(C)[C@@H](COc1ccc(-c2nc3ccccc3s2)cn1)Nc1ccc(C(=O)NCCC(=O)O)cc1. The highest BCUT2D eigenvalue weighted by Crippen LogP contribution is 2.30. The van der Waals surface area contributed by atoms with E-state index < -0.39 is 5.97 Å². The summed E-state index contributed by atoms with van der Waals surface area (Å²) in [5.74, 6) is -0.422. The van der Waals surface area contributed by atoms with Gasteiger partial charge >= 0.3 is 5.97 Å². The molecule has 0 radical (unpaired) electrons. The highest BCUT2D eigenvalue weighted by Gasteiger charge is 2.16. The Balaban J connectivity index is 1.32. The minimum atomic E-state index is -0.948. The van der Waals surface area contributed by atoms with Crippen LogP contribution in [0.2, 0.25) is 0 Å². The molecule has 0 aliphatic carbocycles. The third kappa shape index (κ3) is 6.57. The van der Waals surface area contributed by atoms with Gasteiger partial charge in [-0.1, -0.05) is 26.0 Å². The highest BCUT2D eigenvalue weighted by molar-refractivity contribution is 7.21. The largest absolute Gasteiger partial charge is 0.481 e. The van der Waals surface area contributed by atoms with E-state index in [1.165, 1.54) is 0 Å². The third-order valence-electron chi connectivity index (χ3n) is 5.62. The number of carbonyl (C=O) groups excluding carboxylic acids is 1. The van der Waals surface area contributed by atoms with Gasteiger partial charge in [0.25, 0.3) is 5.91 Å². The summed E-state index contributed by atoms with van der Waals surface area (Å²) in [6, 6.07) is 19.0. The molecule has 0 bridgehead atoms. The molecule has 0 saturated carbocycles. The maximum absolute atomic E-state index is 12.1. The van der Waals surface area contributed by atoms with E-state index in [4.69, 9.17) is 9.84 Å². The summed E-state index contributed by atoms with van der Waals surface area (Å²) in [6.07, 6.45) is 1.67. The van der Waals surface area contributed by atoms with Crippen LogP contribution in [-0.4, -0.2) is 46.1 Å². The fourth-order valence-corrected chi connectivity index (χ4v) is 4.44. The first-order chi connectivity index (χ1) is 17.4. The Morgan fingerprint density at radius 2 is 1.83 bits per heavy atom. The quantitative estimate of drug-likeness (QED) is 0.261. The number of hydrogen-bond acceptors (Lipinski definition) is 7. The van der Waals surface area contributed by atoms with Gasteiger partial charge in [0, 0.05) is 35.6 Å². The van der Waals surface area contributed by atoms with E-state index in [9.17, 15) is 9.59 Å². The lowest BCUT2D eigenvalue weighted by molar-refractivity contribution is -0.136. The van der Waals surface area contributed by atoms with Crippen molar-refractivity contribution in [2.45, 2.75) is 26.3 Å². The maximum Gasteiger partial charge on any atom is 0.305 e. The average Bonchev–Trinajstić information content (AvgIpc) is 3.31. The van der Waals surface area contributed by atoms with Crippen LogP contribution in [-0.2, 0) is 4.79 Å². The number of benzene rings is 2. The summed E-state index contributed by atoms with van der Waals surface area (Å²) in [5, 5.41) is 15.7. The molecule has 4 rings (SSSR count). The van der Waals surface area contributed by atoms with Gasteiger partial charge in [0.05, 0.1) is 22.7 Å². The van der Waals surface area contributed by atoms with E-state index in [0.29, 0.717) is 18.1 Å². The monoisotopic (exact) mass is 504 g/mol. The van der Waals surface area contributed by atoms with E-state index in [1.54, 1.807) is 29.7 Å². The molecule has 0 aliphatic rings. The van der Waals surface area contributed by atoms with Crippen LogP contribution in [0, 0.1) is 5.92 Å². The normalized spacial score (nSPS) is 11.9. The van der Waals surface area contributed by atoms with Gasteiger partial charge in [-0.15, -0.1) is 11.3 Å².